The first-order valence-corrected chi connectivity index (χ1v) is 6.41. The van der Waals surface area contributed by atoms with Gasteiger partial charge >= 0.3 is 0 Å². The van der Waals surface area contributed by atoms with E-state index in [2.05, 4.69) is 10.6 Å². The zero-order valence-corrected chi connectivity index (χ0v) is 11.8. The van der Waals surface area contributed by atoms with Crippen molar-refractivity contribution in [2.75, 3.05) is 26.0 Å². The van der Waals surface area contributed by atoms with Gasteiger partial charge in [0.05, 0.1) is 18.9 Å². The van der Waals surface area contributed by atoms with Crippen LogP contribution >= 0.6 is 0 Å². The summed E-state index contributed by atoms with van der Waals surface area (Å²) in [4.78, 5) is 23.3. The van der Waals surface area contributed by atoms with Crippen molar-refractivity contribution in [3.05, 3.63) is 29.8 Å². The zero-order chi connectivity index (χ0) is 15.0. The second kappa shape index (κ2) is 8.29. The summed E-state index contributed by atoms with van der Waals surface area (Å²) in [6.07, 6.45) is 0.0971. The van der Waals surface area contributed by atoms with Gasteiger partial charge in [0, 0.05) is 26.4 Å². The third-order valence-electron chi connectivity index (χ3n) is 2.93. The summed E-state index contributed by atoms with van der Waals surface area (Å²) in [7, 11) is 3.10. The molecule has 0 aromatic heterocycles. The molecule has 6 nitrogen and oxygen atoms in total. The number of carbonyl (C=O) groups excluding carboxylic acids is 2. The van der Waals surface area contributed by atoms with Crippen molar-refractivity contribution in [2.24, 2.45) is 5.73 Å². The van der Waals surface area contributed by atoms with E-state index in [0.29, 0.717) is 5.69 Å². The molecule has 110 valence electrons. The number of hydrogen-bond donors (Lipinski definition) is 3. The van der Waals surface area contributed by atoms with E-state index < -0.39 is 0 Å². The van der Waals surface area contributed by atoms with Gasteiger partial charge in [-0.05, 0) is 11.6 Å². The van der Waals surface area contributed by atoms with Gasteiger partial charge in [-0.1, -0.05) is 18.2 Å². The van der Waals surface area contributed by atoms with Gasteiger partial charge in [-0.2, -0.15) is 0 Å². The van der Waals surface area contributed by atoms with Gasteiger partial charge in [-0.3, -0.25) is 9.59 Å². The summed E-state index contributed by atoms with van der Waals surface area (Å²) in [5, 5.41) is 5.34. The Hall–Kier alpha value is -1.92. The van der Waals surface area contributed by atoms with Crippen LogP contribution < -0.4 is 16.4 Å². The highest BCUT2D eigenvalue weighted by atomic mass is 16.5. The highest BCUT2D eigenvalue weighted by Gasteiger charge is 2.13. The smallest absolute Gasteiger partial charge is 0.227 e. The first-order chi connectivity index (χ1) is 9.60. The Morgan fingerprint density at radius 1 is 1.30 bits per heavy atom. The fraction of sp³-hybridized carbons (Fsp3) is 0.429. The minimum Gasteiger partial charge on any atom is -0.380 e. The SMILES string of the molecule is CNC(=O)Cc1ccccc1NC(=O)CC(CN)OC. The Balaban J connectivity index is 2.71. The number of anilines is 1. The third kappa shape index (κ3) is 4.99. The van der Waals surface area contributed by atoms with Crippen molar-refractivity contribution >= 4 is 17.5 Å². The molecule has 0 saturated heterocycles. The lowest BCUT2D eigenvalue weighted by Crippen LogP contribution is -2.28. The normalized spacial score (nSPS) is 11.8. The van der Waals surface area contributed by atoms with Gasteiger partial charge in [0.25, 0.3) is 0 Å². The van der Waals surface area contributed by atoms with Crippen LogP contribution in [0.3, 0.4) is 0 Å². The molecule has 6 heteroatoms. The number of likely N-dealkylation sites (N-methyl/N-ethyl adjacent to an activating group) is 1. The van der Waals surface area contributed by atoms with E-state index in [4.69, 9.17) is 10.5 Å². The van der Waals surface area contributed by atoms with Crippen LogP contribution in [-0.2, 0) is 20.7 Å². The van der Waals surface area contributed by atoms with Gasteiger partial charge in [0.1, 0.15) is 0 Å². The molecule has 0 aliphatic rings. The van der Waals surface area contributed by atoms with Gasteiger partial charge in [-0.15, -0.1) is 0 Å². The summed E-state index contributed by atoms with van der Waals surface area (Å²) >= 11 is 0. The molecule has 0 radical (unpaired) electrons. The molecule has 1 aromatic carbocycles. The number of amides is 2. The molecular formula is C14H21N3O3. The maximum Gasteiger partial charge on any atom is 0.227 e. The molecule has 0 spiro atoms. The molecule has 0 saturated carbocycles. The van der Waals surface area contributed by atoms with E-state index in [-0.39, 0.29) is 37.3 Å². The average molecular weight is 279 g/mol. The Bertz CT molecular complexity index is 459. The third-order valence-corrected chi connectivity index (χ3v) is 2.93. The van der Waals surface area contributed by atoms with Gasteiger partial charge in [-0.25, -0.2) is 0 Å². The van der Waals surface area contributed by atoms with Gasteiger partial charge in [0.2, 0.25) is 11.8 Å². The quantitative estimate of drug-likeness (QED) is 0.668. The minimum absolute atomic E-state index is 0.108. The summed E-state index contributed by atoms with van der Waals surface area (Å²) in [6, 6.07) is 7.20. The van der Waals surface area contributed by atoms with E-state index in [0.717, 1.165) is 5.56 Å². The van der Waals surface area contributed by atoms with Crippen LogP contribution in [0.15, 0.2) is 24.3 Å². The summed E-state index contributed by atoms with van der Waals surface area (Å²) in [5.41, 5.74) is 6.88. The average Bonchev–Trinajstić information content (AvgIpc) is 2.46. The summed E-state index contributed by atoms with van der Waals surface area (Å²) < 4.78 is 5.07. The first kappa shape index (κ1) is 16.1. The number of hydrogen-bond acceptors (Lipinski definition) is 4. The topological polar surface area (TPSA) is 93.5 Å². The summed E-state index contributed by atoms with van der Waals surface area (Å²) in [5.74, 6) is -0.296. The van der Waals surface area contributed by atoms with E-state index >= 15 is 0 Å². The molecule has 1 rings (SSSR count). The highest BCUT2D eigenvalue weighted by molar-refractivity contribution is 5.92. The van der Waals surface area contributed by atoms with Gasteiger partial charge < -0.3 is 21.1 Å². The number of nitrogens with two attached hydrogens (primary N) is 1. The number of carbonyl (C=O) groups is 2. The number of rotatable bonds is 7. The molecule has 1 aromatic rings. The van der Waals surface area contributed by atoms with Crippen LogP contribution in [0.4, 0.5) is 5.69 Å². The molecule has 20 heavy (non-hydrogen) atoms. The summed E-state index contributed by atoms with van der Waals surface area (Å²) in [6.45, 7) is 0.282. The molecule has 1 atom stereocenters. The van der Waals surface area contributed by atoms with Crippen LogP contribution in [0.1, 0.15) is 12.0 Å². The second-order valence-corrected chi connectivity index (χ2v) is 4.35. The predicted octanol–water partition coefficient (Wildman–Crippen LogP) is 0.277. The maximum atomic E-state index is 11.9. The molecule has 0 fully saturated rings. The number of nitrogens with one attached hydrogen (secondary N) is 2. The molecule has 0 heterocycles. The Morgan fingerprint density at radius 3 is 2.60 bits per heavy atom. The van der Waals surface area contributed by atoms with Crippen LogP contribution in [0.5, 0.6) is 0 Å². The number of methoxy groups -OCH3 is 1. The van der Waals surface area contributed by atoms with Crippen LogP contribution in [0, 0.1) is 0 Å². The van der Waals surface area contributed by atoms with Gasteiger partial charge in [0.15, 0.2) is 0 Å². The zero-order valence-electron chi connectivity index (χ0n) is 11.8. The largest absolute Gasteiger partial charge is 0.380 e. The second-order valence-electron chi connectivity index (χ2n) is 4.35. The Kier molecular flexibility index (Phi) is 6.69. The molecule has 2 amide bonds. The van der Waals surface area contributed by atoms with E-state index in [9.17, 15) is 9.59 Å². The van der Waals surface area contributed by atoms with Crippen LogP contribution in [-0.4, -0.2) is 38.6 Å². The van der Waals surface area contributed by atoms with E-state index in [1.807, 2.05) is 12.1 Å². The van der Waals surface area contributed by atoms with E-state index in [1.165, 1.54) is 7.11 Å². The Labute approximate surface area is 118 Å². The molecular weight excluding hydrogens is 258 g/mol. The molecule has 1 unspecified atom stereocenters. The van der Waals surface area contributed by atoms with Crippen molar-refractivity contribution < 1.29 is 14.3 Å². The fourth-order valence-electron chi connectivity index (χ4n) is 1.73. The number of para-hydroxylation sites is 1. The molecule has 0 aliphatic heterocycles. The van der Waals surface area contributed by atoms with Crippen LogP contribution in [0.2, 0.25) is 0 Å². The lowest BCUT2D eigenvalue weighted by atomic mass is 10.1. The van der Waals surface area contributed by atoms with Crippen molar-refractivity contribution in [1.29, 1.82) is 0 Å². The predicted molar refractivity (Wildman–Crippen MR) is 77.3 cm³/mol. The molecule has 0 bridgehead atoms. The molecule has 0 aliphatic carbocycles. The minimum atomic E-state index is -0.305. The van der Waals surface area contributed by atoms with Crippen LogP contribution in [0.25, 0.3) is 0 Å². The first-order valence-electron chi connectivity index (χ1n) is 6.41. The molecule has 4 N–H and O–H groups in total. The fourth-order valence-corrected chi connectivity index (χ4v) is 1.73. The van der Waals surface area contributed by atoms with E-state index in [1.54, 1.807) is 19.2 Å². The van der Waals surface area contributed by atoms with Crippen molar-refractivity contribution in [1.82, 2.24) is 5.32 Å². The Morgan fingerprint density at radius 2 is 2.00 bits per heavy atom. The number of ether oxygens (including phenoxy) is 1. The monoisotopic (exact) mass is 279 g/mol. The maximum absolute atomic E-state index is 11.9. The lowest BCUT2D eigenvalue weighted by Gasteiger charge is -2.14. The lowest BCUT2D eigenvalue weighted by molar-refractivity contribution is -0.120. The highest BCUT2D eigenvalue weighted by Crippen LogP contribution is 2.16. The van der Waals surface area contributed by atoms with Crippen molar-refractivity contribution in [3.8, 4) is 0 Å². The number of benzene rings is 1. The standard InChI is InChI=1S/C14H21N3O3/c1-16-13(18)7-10-5-3-4-6-12(10)17-14(19)8-11(9-15)20-2/h3-6,11H,7-9,15H2,1-2H3,(H,16,18)(H,17,19). The van der Waals surface area contributed by atoms with Crippen molar-refractivity contribution in [2.45, 2.75) is 18.9 Å². The van der Waals surface area contributed by atoms with Crippen molar-refractivity contribution in [3.63, 3.8) is 0 Å².